The Labute approximate surface area is 98.7 Å². The Morgan fingerprint density at radius 2 is 1.65 bits per heavy atom. The van der Waals surface area contributed by atoms with E-state index >= 15 is 0 Å². The van der Waals surface area contributed by atoms with Gasteiger partial charge in [-0.2, -0.15) is 13.2 Å². The van der Waals surface area contributed by atoms with Crippen molar-refractivity contribution in [1.82, 2.24) is 0 Å². The largest absolute Gasteiger partial charge is 0.417 e. The third kappa shape index (κ3) is 1.30. The second-order valence-corrected chi connectivity index (χ2v) is 6.23. The van der Waals surface area contributed by atoms with Gasteiger partial charge in [-0.05, 0) is 55.3 Å². The molecule has 96 valence electrons. The number of allylic oxidation sites excluding steroid dienone is 1. The smallest absolute Gasteiger partial charge is 0.380 e. The van der Waals surface area contributed by atoms with Gasteiger partial charge in [0.15, 0.2) is 5.60 Å². The minimum absolute atomic E-state index is 0.131. The summed E-state index contributed by atoms with van der Waals surface area (Å²) in [5.74, 6) is -0.883. The zero-order valence-electron chi connectivity index (χ0n) is 9.63. The van der Waals surface area contributed by atoms with E-state index < -0.39 is 23.6 Å². The molecule has 0 heterocycles. The molecular weight excluding hydrogens is 229 g/mol. The molecule has 4 fully saturated rings. The second kappa shape index (κ2) is 3.08. The zero-order chi connectivity index (χ0) is 12.5. The number of halogens is 3. The second-order valence-electron chi connectivity index (χ2n) is 6.23. The van der Waals surface area contributed by atoms with Crippen LogP contribution in [0.5, 0.6) is 0 Å². The molecule has 0 saturated heterocycles. The first-order valence-electron chi connectivity index (χ1n) is 6.23. The predicted octanol–water partition coefficient (Wildman–Crippen LogP) is 3.29. The summed E-state index contributed by atoms with van der Waals surface area (Å²) in [6, 6.07) is 0. The van der Waals surface area contributed by atoms with E-state index in [4.69, 9.17) is 0 Å². The summed E-state index contributed by atoms with van der Waals surface area (Å²) in [5, 5.41) is 10.2. The van der Waals surface area contributed by atoms with Gasteiger partial charge in [0.1, 0.15) is 0 Å². The van der Waals surface area contributed by atoms with Crippen LogP contribution in [0.25, 0.3) is 0 Å². The predicted molar refractivity (Wildman–Crippen MR) is 57.2 cm³/mol. The quantitative estimate of drug-likeness (QED) is 0.704. The number of hydrogen-bond donors (Lipinski definition) is 1. The van der Waals surface area contributed by atoms with Crippen molar-refractivity contribution in [3.63, 3.8) is 0 Å². The minimum atomic E-state index is -4.49. The molecule has 0 amide bonds. The van der Waals surface area contributed by atoms with Gasteiger partial charge in [-0.25, -0.2) is 0 Å². The first-order valence-corrected chi connectivity index (χ1v) is 6.23. The molecule has 4 rings (SSSR count). The molecule has 4 saturated carbocycles. The number of hydrogen-bond acceptors (Lipinski definition) is 1. The maximum atomic E-state index is 13.1. The van der Waals surface area contributed by atoms with E-state index in [-0.39, 0.29) is 5.41 Å². The molecule has 4 heteroatoms. The lowest BCUT2D eigenvalue weighted by Crippen LogP contribution is -2.66. The van der Waals surface area contributed by atoms with Crippen LogP contribution in [0, 0.1) is 23.2 Å². The summed E-state index contributed by atoms with van der Waals surface area (Å²) in [7, 11) is 0. The summed E-state index contributed by atoms with van der Waals surface area (Å²) in [6.45, 7) is 3.80. The SMILES string of the molecule is C=CC12CC3CC(C1)C(O)(C(F)(F)F)C(C3)C2. The molecule has 0 aromatic rings. The highest BCUT2D eigenvalue weighted by Gasteiger charge is 2.70. The van der Waals surface area contributed by atoms with Gasteiger partial charge in [-0.3, -0.25) is 0 Å². The molecule has 1 N–H and O–H groups in total. The third-order valence-corrected chi connectivity index (χ3v) is 5.37. The van der Waals surface area contributed by atoms with E-state index in [0.717, 1.165) is 6.42 Å². The maximum Gasteiger partial charge on any atom is 0.417 e. The van der Waals surface area contributed by atoms with E-state index in [1.165, 1.54) is 0 Å². The van der Waals surface area contributed by atoms with Gasteiger partial charge in [-0.1, -0.05) is 6.08 Å². The van der Waals surface area contributed by atoms with Crippen LogP contribution in [0.4, 0.5) is 13.2 Å². The minimum Gasteiger partial charge on any atom is -0.380 e. The van der Waals surface area contributed by atoms with Crippen LogP contribution in [0.3, 0.4) is 0 Å². The van der Waals surface area contributed by atoms with Crippen LogP contribution in [-0.2, 0) is 0 Å². The molecular formula is C13H17F3O. The van der Waals surface area contributed by atoms with Crippen molar-refractivity contribution in [1.29, 1.82) is 0 Å². The van der Waals surface area contributed by atoms with E-state index in [2.05, 4.69) is 6.58 Å². The van der Waals surface area contributed by atoms with Crippen LogP contribution >= 0.6 is 0 Å². The molecule has 4 aliphatic carbocycles. The molecule has 0 aromatic heterocycles. The van der Waals surface area contributed by atoms with Crippen molar-refractivity contribution < 1.29 is 18.3 Å². The van der Waals surface area contributed by atoms with Gasteiger partial charge >= 0.3 is 6.18 Å². The lowest BCUT2D eigenvalue weighted by molar-refractivity contribution is -0.337. The maximum absolute atomic E-state index is 13.1. The van der Waals surface area contributed by atoms with Gasteiger partial charge in [0.25, 0.3) is 0 Å². The average Bonchev–Trinajstić information content (AvgIpc) is 2.23. The Balaban J connectivity index is 2.01. The monoisotopic (exact) mass is 246 g/mol. The summed E-state index contributed by atoms with van der Waals surface area (Å²) in [5.41, 5.74) is -2.57. The Bertz CT molecular complexity index is 344. The lowest BCUT2D eigenvalue weighted by Gasteiger charge is -2.62. The molecule has 0 spiro atoms. The van der Waals surface area contributed by atoms with Gasteiger partial charge in [0.2, 0.25) is 0 Å². The highest BCUT2D eigenvalue weighted by Crippen LogP contribution is 2.66. The molecule has 0 radical (unpaired) electrons. The normalized spacial score (nSPS) is 52.8. The topological polar surface area (TPSA) is 20.2 Å². The van der Waals surface area contributed by atoms with Gasteiger partial charge < -0.3 is 5.11 Å². The Morgan fingerprint density at radius 1 is 1.12 bits per heavy atom. The molecule has 0 aromatic carbocycles. The molecule has 1 nitrogen and oxygen atoms in total. The number of aliphatic hydroxyl groups is 1. The van der Waals surface area contributed by atoms with Gasteiger partial charge in [0, 0.05) is 0 Å². The van der Waals surface area contributed by atoms with Gasteiger partial charge in [-0.15, -0.1) is 6.58 Å². The van der Waals surface area contributed by atoms with Crippen LogP contribution in [-0.4, -0.2) is 16.9 Å². The Kier molecular flexibility index (Phi) is 2.10. The summed E-state index contributed by atoms with van der Waals surface area (Å²) in [6.07, 6.45) is 0.299. The fourth-order valence-corrected chi connectivity index (χ4v) is 4.76. The van der Waals surface area contributed by atoms with Crippen molar-refractivity contribution in [2.75, 3.05) is 0 Å². The van der Waals surface area contributed by atoms with Crippen LogP contribution in [0.15, 0.2) is 12.7 Å². The van der Waals surface area contributed by atoms with Crippen molar-refractivity contribution >= 4 is 0 Å². The summed E-state index contributed by atoms with van der Waals surface area (Å²) < 4.78 is 39.4. The lowest BCUT2D eigenvalue weighted by atomic mass is 9.44. The van der Waals surface area contributed by atoms with Crippen molar-refractivity contribution in [3.8, 4) is 0 Å². The van der Waals surface area contributed by atoms with Crippen LogP contribution < -0.4 is 0 Å². The third-order valence-electron chi connectivity index (χ3n) is 5.37. The first kappa shape index (κ1) is 11.6. The van der Waals surface area contributed by atoms with Gasteiger partial charge in [0.05, 0.1) is 0 Å². The highest BCUT2D eigenvalue weighted by molar-refractivity contribution is 5.17. The van der Waals surface area contributed by atoms with E-state index in [0.29, 0.717) is 31.6 Å². The van der Waals surface area contributed by atoms with Crippen LogP contribution in [0.2, 0.25) is 0 Å². The van der Waals surface area contributed by atoms with E-state index in [1.54, 1.807) is 0 Å². The first-order chi connectivity index (χ1) is 7.81. The molecule has 0 aliphatic heterocycles. The number of alkyl halides is 3. The molecule has 17 heavy (non-hydrogen) atoms. The molecule has 2 atom stereocenters. The average molecular weight is 246 g/mol. The van der Waals surface area contributed by atoms with Crippen LogP contribution in [0.1, 0.15) is 32.1 Å². The molecule has 4 bridgehead atoms. The van der Waals surface area contributed by atoms with E-state index in [1.807, 2.05) is 6.08 Å². The van der Waals surface area contributed by atoms with Crippen molar-refractivity contribution in [2.24, 2.45) is 23.2 Å². The summed E-state index contributed by atoms with van der Waals surface area (Å²) in [4.78, 5) is 0. The standard InChI is InChI=1S/C13H17F3O/c1-2-11-5-8-3-9(6-11)12(17,13(14,15)16)10(4-8)7-11/h2,8-10,17H,1,3-7H2. The fraction of sp³-hybridized carbons (Fsp3) is 0.846. The van der Waals surface area contributed by atoms with Crippen molar-refractivity contribution in [2.45, 2.75) is 43.9 Å². The Hall–Kier alpha value is -0.510. The Morgan fingerprint density at radius 3 is 2.06 bits per heavy atom. The molecule has 2 unspecified atom stereocenters. The van der Waals surface area contributed by atoms with Crippen molar-refractivity contribution in [3.05, 3.63) is 12.7 Å². The van der Waals surface area contributed by atoms with E-state index in [9.17, 15) is 18.3 Å². The highest BCUT2D eigenvalue weighted by atomic mass is 19.4. The zero-order valence-corrected chi connectivity index (χ0v) is 9.63. The number of rotatable bonds is 1. The summed E-state index contributed by atoms with van der Waals surface area (Å²) >= 11 is 0. The molecule has 4 aliphatic rings. The fourth-order valence-electron chi connectivity index (χ4n) is 4.76.